The summed E-state index contributed by atoms with van der Waals surface area (Å²) in [6.45, 7) is 9.27. The van der Waals surface area contributed by atoms with Gasteiger partial charge in [-0.3, -0.25) is 0 Å². The minimum Gasteiger partial charge on any atom is -0.494 e. The molecule has 1 saturated heterocycles. The molecule has 12 heteroatoms. The van der Waals surface area contributed by atoms with Gasteiger partial charge < -0.3 is 38.6 Å². The molecule has 11 nitrogen and oxygen atoms in total. The maximum Gasteiger partial charge on any atom is 0.343 e. The summed E-state index contributed by atoms with van der Waals surface area (Å²) in [5, 5.41) is 9.78. The summed E-state index contributed by atoms with van der Waals surface area (Å²) < 4.78 is 39.7. The van der Waals surface area contributed by atoms with E-state index in [1.165, 1.54) is 0 Å². The summed E-state index contributed by atoms with van der Waals surface area (Å²) in [5.74, 6) is 0.471. The van der Waals surface area contributed by atoms with Gasteiger partial charge >= 0.3 is 17.9 Å². The number of hydrogen-bond acceptors (Lipinski definition) is 11. The zero-order valence-electron chi connectivity index (χ0n) is 33.0. The molecule has 1 fully saturated rings. The Kier molecular flexibility index (Phi) is 14.7. The van der Waals surface area contributed by atoms with Gasteiger partial charge in [0.15, 0.2) is 6.29 Å². The minimum atomic E-state index is -0.552. The molecule has 1 heterocycles. The number of nitrogens with one attached hydrogen (secondary N) is 1. The van der Waals surface area contributed by atoms with Crippen LogP contribution >= 0.6 is 15.9 Å². The first-order valence-electron chi connectivity index (χ1n) is 19.4. The number of carbonyl (C=O) groups is 3. The first-order chi connectivity index (χ1) is 28.5. The third-order valence-corrected chi connectivity index (χ3v) is 10.3. The fourth-order valence-corrected chi connectivity index (χ4v) is 6.63. The predicted molar refractivity (Wildman–Crippen MR) is 228 cm³/mol. The van der Waals surface area contributed by atoms with Crippen LogP contribution in [0.2, 0.25) is 0 Å². The van der Waals surface area contributed by atoms with Gasteiger partial charge in [-0.25, -0.2) is 14.4 Å². The number of fused-ring (bicyclic) bond motifs is 1. The molecule has 1 N–H and O–H groups in total. The minimum absolute atomic E-state index is 0.150. The first kappa shape index (κ1) is 42.8. The molecule has 5 aromatic rings. The van der Waals surface area contributed by atoms with E-state index in [1.807, 2.05) is 44.2 Å². The molecule has 1 atom stereocenters. The molecule has 5 aromatic carbocycles. The highest BCUT2D eigenvalue weighted by atomic mass is 79.9. The average Bonchev–Trinajstić information content (AvgIpc) is 3.87. The van der Waals surface area contributed by atoms with Gasteiger partial charge in [0.1, 0.15) is 28.6 Å². The van der Waals surface area contributed by atoms with Crippen molar-refractivity contribution < 1.29 is 47.5 Å². The van der Waals surface area contributed by atoms with Crippen LogP contribution in [-0.4, -0.2) is 62.4 Å². The lowest BCUT2D eigenvalue weighted by Gasteiger charge is -2.12. The normalized spacial score (nSPS) is 13.9. The van der Waals surface area contributed by atoms with Crippen LogP contribution in [0.4, 0.5) is 0 Å². The van der Waals surface area contributed by atoms with E-state index < -0.39 is 17.9 Å². The maximum atomic E-state index is 13.0. The molecule has 59 heavy (non-hydrogen) atoms. The zero-order valence-corrected chi connectivity index (χ0v) is 34.6. The van der Waals surface area contributed by atoms with Crippen molar-refractivity contribution in [2.24, 2.45) is 0 Å². The molecule has 0 amide bonds. The molecule has 0 aliphatic carbocycles. The zero-order chi connectivity index (χ0) is 41.8. The van der Waals surface area contributed by atoms with Gasteiger partial charge in [0.05, 0.1) is 42.0 Å². The van der Waals surface area contributed by atoms with Gasteiger partial charge in [0.2, 0.25) is 0 Å². The van der Waals surface area contributed by atoms with E-state index >= 15 is 0 Å². The van der Waals surface area contributed by atoms with E-state index in [2.05, 4.69) is 22.5 Å². The quantitative estimate of drug-likeness (QED) is 0.0189. The van der Waals surface area contributed by atoms with Crippen molar-refractivity contribution in [2.75, 3.05) is 26.4 Å². The fraction of sp³-hybridized carbons (Fsp3) is 0.277. The van der Waals surface area contributed by atoms with Gasteiger partial charge in [-0.1, -0.05) is 30.8 Å². The SMILES string of the molecule is C=CC(=O)OCCCCCCOc1ccc(C(=O)Oc2ccc(-c3ccc4c(Br)c(OC(=O)c5ccc(OCCCOC6OC6(C)C)cc5)ccc4c3)cc2C=N)cc1. The van der Waals surface area contributed by atoms with Crippen molar-refractivity contribution >= 4 is 50.8 Å². The Labute approximate surface area is 351 Å². The summed E-state index contributed by atoms with van der Waals surface area (Å²) in [6, 6.07) is 28.3. The predicted octanol–water partition coefficient (Wildman–Crippen LogP) is 10.3. The topological polar surface area (TPSA) is 143 Å². The van der Waals surface area contributed by atoms with E-state index in [1.54, 1.807) is 66.7 Å². The van der Waals surface area contributed by atoms with E-state index in [0.717, 1.165) is 59.9 Å². The van der Waals surface area contributed by atoms with Crippen LogP contribution in [-0.2, 0) is 19.0 Å². The standard InChI is InChI=1S/C47H46BrNO10/c1-4-42(50)55-25-8-6-5-7-24-53-37-17-10-31(11-18-37)44(51)57-40-22-15-34(29-36(40)30-49)33-14-21-39-35(28-33)16-23-41(43(39)48)58-45(52)32-12-19-38(20-13-32)54-26-9-27-56-46-47(2,3)59-46/h4,10-23,28-30,46,49H,1,5-9,24-27H2,2-3H3. The number of rotatable bonds is 21. The third-order valence-electron chi connectivity index (χ3n) is 9.47. The second-order valence-electron chi connectivity index (χ2n) is 14.3. The average molecular weight is 865 g/mol. The number of esters is 3. The second-order valence-corrected chi connectivity index (χ2v) is 15.1. The number of unbranched alkanes of at least 4 members (excludes halogenated alkanes) is 3. The molecular formula is C47H46BrNO10. The van der Waals surface area contributed by atoms with Crippen molar-refractivity contribution in [3.8, 4) is 34.1 Å². The summed E-state index contributed by atoms with van der Waals surface area (Å²) >= 11 is 3.63. The van der Waals surface area contributed by atoms with Crippen LogP contribution < -0.4 is 18.9 Å². The maximum absolute atomic E-state index is 13.0. The Morgan fingerprint density at radius 3 is 1.88 bits per heavy atom. The number of ether oxygens (including phenoxy) is 7. The van der Waals surface area contributed by atoms with Crippen LogP contribution in [0, 0.1) is 5.41 Å². The summed E-state index contributed by atoms with van der Waals surface area (Å²) in [5.41, 5.74) is 2.68. The molecule has 1 aliphatic heterocycles. The Bertz CT molecular complexity index is 2290. The van der Waals surface area contributed by atoms with Crippen LogP contribution in [0.5, 0.6) is 23.0 Å². The van der Waals surface area contributed by atoms with Crippen LogP contribution in [0.25, 0.3) is 21.9 Å². The van der Waals surface area contributed by atoms with Crippen molar-refractivity contribution in [3.63, 3.8) is 0 Å². The number of benzene rings is 5. The van der Waals surface area contributed by atoms with E-state index in [4.69, 9.17) is 38.6 Å². The van der Waals surface area contributed by atoms with Gasteiger partial charge in [0.25, 0.3) is 0 Å². The smallest absolute Gasteiger partial charge is 0.343 e. The van der Waals surface area contributed by atoms with E-state index in [9.17, 15) is 14.4 Å². The van der Waals surface area contributed by atoms with Crippen LogP contribution in [0.15, 0.2) is 114 Å². The molecule has 0 aromatic heterocycles. The van der Waals surface area contributed by atoms with Gasteiger partial charge in [-0.2, -0.15) is 0 Å². The number of carbonyl (C=O) groups excluding carboxylic acids is 3. The molecule has 0 saturated carbocycles. The number of epoxide rings is 1. The third kappa shape index (κ3) is 11.9. The highest BCUT2D eigenvalue weighted by Gasteiger charge is 2.49. The van der Waals surface area contributed by atoms with Crippen LogP contribution in [0.3, 0.4) is 0 Å². The van der Waals surface area contributed by atoms with Gasteiger partial charge in [-0.05, 0) is 150 Å². The second kappa shape index (κ2) is 20.2. The summed E-state index contributed by atoms with van der Waals surface area (Å²) in [7, 11) is 0. The van der Waals surface area contributed by atoms with Crippen LogP contribution in [0.1, 0.15) is 72.2 Å². The lowest BCUT2D eigenvalue weighted by Crippen LogP contribution is -2.10. The van der Waals surface area contributed by atoms with Crippen molar-refractivity contribution in [1.29, 1.82) is 5.41 Å². The molecule has 306 valence electrons. The largest absolute Gasteiger partial charge is 0.494 e. The number of hydrogen-bond donors (Lipinski definition) is 1. The molecule has 1 unspecified atom stereocenters. The van der Waals surface area contributed by atoms with Gasteiger partial charge in [-0.15, -0.1) is 0 Å². The Balaban J connectivity index is 0.989. The Hall–Kier alpha value is -5.82. The lowest BCUT2D eigenvalue weighted by molar-refractivity contribution is -0.137. The molecule has 1 aliphatic rings. The Morgan fingerprint density at radius 1 is 0.712 bits per heavy atom. The van der Waals surface area contributed by atoms with E-state index in [0.29, 0.717) is 71.3 Å². The monoisotopic (exact) mass is 863 g/mol. The van der Waals surface area contributed by atoms with Gasteiger partial charge in [0, 0.05) is 24.3 Å². The van der Waals surface area contributed by atoms with Crippen molar-refractivity contribution in [2.45, 2.75) is 57.8 Å². The summed E-state index contributed by atoms with van der Waals surface area (Å²) in [4.78, 5) is 37.1. The highest BCUT2D eigenvalue weighted by Crippen LogP contribution is 2.37. The summed E-state index contributed by atoms with van der Waals surface area (Å²) in [6.07, 6.45) is 6.35. The van der Waals surface area contributed by atoms with Crippen molar-refractivity contribution in [3.05, 3.63) is 131 Å². The number of halogens is 1. The molecular weight excluding hydrogens is 818 g/mol. The highest BCUT2D eigenvalue weighted by molar-refractivity contribution is 9.10. The fourth-order valence-electron chi connectivity index (χ4n) is 6.05. The van der Waals surface area contributed by atoms with Crippen molar-refractivity contribution in [1.82, 2.24) is 0 Å². The first-order valence-corrected chi connectivity index (χ1v) is 20.2. The molecule has 0 bridgehead atoms. The molecule has 0 spiro atoms. The molecule has 0 radical (unpaired) electrons. The lowest BCUT2D eigenvalue weighted by atomic mass is 9.99. The Morgan fingerprint density at radius 2 is 1.27 bits per heavy atom. The molecule has 6 rings (SSSR count). The van der Waals surface area contributed by atoms with E-state index in [-0.39, 0.29) is 17.6 Å².